The van der Waals surface area contributed by atoms with Gasteiger partial charge >= 0.3 is 5.97 Å². The standard InChI is InChI=1S/C9H13N3O3/c1-14-9(13)7-3-2-4-12(7)5-8-10-6-11-15-8/h6-7H,2-5H2,1H3. The molecule has 0 N–H and O–H groups in total. The Kier molecular flexibility index (Phi) is 2.96. The van der Waals surface area contributed by atoms with Crippen LogP contribution in [0.3, 0.4) is 0 Å². The average molecular weight is 211 g/mol. The van der Waals surface area contributed by atoms with E-state index >= 15 is 0 Å². The first-order valence-electron chi connectivity index (χ1n) is 4.88. The number of hydrogen-bond acceptors (Lipinski definition) is 6. The maximum absolute atomic E-state index is 11.4. The first-order valence-corrected chi connectivity index (χ1v) is 4.88. The number of aromatic nitrogens is 2. The molecule has 1 unspecified atom stereocenters. The fourth-order valence-electron chi connectivity index (χ4n) is 1.86. The monoisotopic (exact) mass is 211 g/mol. The highest BCUT2D eigenvalue weighted by Crippen LogP contribution is 2.20. The van der Waals surface area contributed by atoms with Gasteiger partial charge in [-0.2, -0.15) is 4.98 Å². The summed E-state index contributed by atoms with van der Waals surface area (Å²) in [5, 5.41) is 3.53. The molecular formula is C9H13N3O3. The summed E-state index contributed by atoms with van der Waals surface area (Å²) in [5.41, 5.74) is 0. The van der Waals surface area contributed by atoms with Crippen LogP contribution in [0.2, 0.25) is 0 Å². The van der Waals surface area contributed by atoms with E-state index in [0.717, 1.165) is 19.4 Å². The van der Waals surface area contributed by atoms with Crippen LogP contribution >= 0.6 is 0 Å². The molecule has 1 aromatic rings. The van der Waals surface area contributed by atoms with Crippen molar-refractivity contribution in [1.82, 2.24) is 15.0 Å². The summed E-state index contributed by atoms with van der Waals surface area (Å²) in [5.74, 6) is 0.345. The number of nitrogens with zero attached hydrogens (tertiary/aromatic N) is 3. The van der Waals surface area contributed by atoms with Crippen LogP contribution < -0.4 is 0 Å². The minimum atomic E-state index is -0.188. The highest BCUT2D eigenvalue weighted by molar-refractivity contribution is 5.75. The van der Waals surface area contributed by atoms with Crippen molar-refractivity contribution in [2.75, 3.05) is 13.7 Å². The second-order valence-electron chi connectivity index (χ2n) is 3.49. The molecule has 82 valence electrons. The van der Waals surface area contributed by atoms with Crippen LogP contribution in [-0.4, -0.2) is 40.7 Å². The van der Waals surface area contributed by atoms with Crippen LogP contribution in [0.5, 0.6) is 0 Å². The molecule has 2 heterocycles. The molecule has 0 aliphatic carbocycles. The molecule has 6 heteroatoms. The van der Waals surface area contributed by atoms with Crippen LogP contribution in [0.25, 0.3) is 0 Å². The van der Waals surface area contributed by atoms with Crippen LogP contribution in [0, 0.1) is 0 Å². The van der Waals surface area contributed by atoms with Crippen molar-refractivity contribution >= 4 is 5.97 Å². The highest BCUT2D eigenvalue weighted by Gasteiger charge is 2.32. The predicted molar refractivity (Wildman–Crippen MR) is 49.7 cm³/mol. The van der Waals surface area contributed by atoms with Gasteiger partial charge in [0, 0.05) is 0 Å². The summed E-state index contributed by atoms with van der Waals surface area (Å²) in [6.45, 7) is 1.38. The summed E-state index contributed by atoms with van der Waals surface area (Å²) < 4.78 is 9.64. The predicted octanol–water partition coefficient (Wildman–Crippen LogP) is 0.207. The number of carbonyl (C=O) groups excluding carboxylic acids is 1. The molecule has 15 heavy (non-hydrogen) atoms. The zero-order valence-corrected chi connectivity index (χ0v) is 8.55. The Morgan fingerprint density at radius 1 is 1.80 bits per heavy atom. The van der Waals surface area contributed by atoms with Crippen molar-refractivity contribution in [3.8, 4) is 0 Å². The van der Waals surface area contributed by atoms with Crippen LogP contribution in [-0.2, 0) is 16.1 Å². The molecule has 1 fully saturated rings. The number of esters is 1. The van der Waals surface area contributed by atoms with E-state index in [1.807, 2.05) is 4.90 Å². The third kappa shape index (κ3) is 2.15. The Balaban J connectivity index is 1.99. The van der Waals surface area contributed by atoms with Gasteiger partial charge in [-0.1, -0.05) is 5.16 Å². The molecule has 0 aromatic carbocycles. The number of likely N-dealkylation sites (tertiary alicyclic amines) is 1. The average Bonchev–Trinajstić information content (AvgIpc) is 2.88. The third-order valence-corrected chi connectivity index (χ3v) is 2.58. The molecule has 1 aromatic heterocycles. The van der Waals surface area contributed by atoms with E-state index in [-0.39, 0.29) is 12.0 Å². The third-order valence-electron chi connectivity index (χ3n) is 2.58. The lowest BCUT2D eigenvalue weighted by Gasteiger charge is -2.19. The van der Waals surface area contributed by atoms with Crippen molar-refractivity contribution in [3.63, 3.8) is 0 Å². The lowest BCUT2D eigenvalue weighted by atomic mass is 10.2. The van der Waals surface area contributed by atoms with Gasteiger partial charge in [0.1, 0.15) is 6.04 Å². The van der Waals surface area contributed by atoms with Gasteiger partial charge < -0.3 is 9.26 Å². The second-order valence-corrected chi connectivity index (χ2v) is 3.49. The molecule has 0 bridgehead atoms. The maximum Gasteiger partial charge on any atom is 0.323 e. The van der Waals surface area contributed by atoms with E-state index in [4.69, 9.17) is 9.26 Å². The van der Waals surface area contributed by atoms with Crippen molar-refractivity contribution in [1.29, 1.82) is 0 Å². The van der Waals surface area contributed by atoms with Crippen LogP contribution in [0.1, 0.15) is 18.7 Å². The molecular weight excluding hydrogens is 198 g/mol. The molecule has 0 saturated carbocycles. The number of rotatable bonds is 3. The quantitative estimate of drug-likeness (QED) is 0.665. The number of carbonyl (C=O) groups is 1. The Labute approximate surface area is 87.2 Å². The number of hydrogen-bond donors (Lipinski definition) is 0. The summed E-state index contributed by atoms with van der Waals surface area (Å²) in [4.78, 5) is 17.3. The normalized spacial score (nSPS) is 21.8. The lowest BCUT2D eigenvalue weighted by molar-refractivity contribution is -0.146. The molecule has 2 rings (SSSR count). The van der Waals surface area contributed by atoms with Gasteiger partial charge in [0.05, 0.1) is 13.7 Å². The SMILES string of the molecule is COC(=O)C1CCCN1Cc1ncno1. The minimum absolute atomic E-state index is 0.165. The van der Waals surface area contributed by atoms with Crippen molar-refractivity contribution in [2.45, 2.75) is 25.4 Å². The van der Waals surface area contributed by atoms with Gasteiger partial charge in [-0.05, 0) is 19.4 Å². The molecule has 1 aliphatic heterocycles. The lowest BCUT2D eigenvalue weighted by Crippen LogP contribution is -2.36. The minimum Gasteiger partial charge on any atom is -0.468 e. The summed E-state index contributed by atoms with van der Waals surface area (Å²) in [7, 11) is 1.41. The first-order chi connectivity index (χ1) is 7.31. The largest absolute Gasteiger partial charge is 0.468 e. The van der Waals surface area contributed by atoms with Gasteiger partial charge in [-0.15, -0.1) is 0 Å². The van der Waals surface area contributed by atoms with Crippen LogP contribution in [0.4, 0.5) is 0 Å². The van der Waals surface area contributed by atoms with E-state index in [1.54, 1.807) is 0 Å². The van der Waals surface area contributed by atoms with Gasteiger partial charge in [0.15, 0.2) is 6.33 Å². The molecule has 6 nitrogen and oxygen atoms in total. The topological polar surface area (TPSA) is 68.5 Å². The van der Waals surface area contributed by atoms with E-state index in [1.165, 1.54) is 13.4 Å². The van der Waals surface area contributed by atoms with Gasteiger partial charge in [-0.25, -0.2) is 0 Å². The smallest absolute Gasteiger partial charge is 0.323 e. The van der Waals surface area contributed by atoms with E-state index < -0.39 is 0 Å². The fourth-order valence-corrected chi connectivity index (χ4v) is 1.86. The zero-order valence-electron chi connectivity index (χ0n) is 8.55. The first kappa shape index (κ1) is 10.1. The molecule has 1 aliphatic rings. The Morgan fingerprint density at radius 3 is 3.33 bits per heavy atom. The zero-order chi connectivity index (χ0) is 10.7. The van der Waals surface area contributed by atoms with Crippen molar-refractivity contribution < 1.29 is 14.1 Å². The van der Waals surface area contributed by atoms with Crippen molar-refractivity contribution in [2.24, 2.45) is 0 Å². The van der Waals surface area contributed by atoms with Gasteiger partial charge in [-0.3, -0.25) is 9.69 Å². The maximum atomic E-state index is 11.4. The molecule has 1 saturated heterocycles. The Morgan fingerprint density at radius 2 is 2.67 bits per heavy atom. The van der Waals surface area contributed by atoms with Crippen LogP contribution in [0.15, 0.2) is 10.9 Å². The summed E-state index contributed by atoms with van der Waals surface area (Å²) in [6.07, 6.45) is 3.19. The van der Waals surface area contributed by atoms with Gasteiger partial charge in [0.25, 0.3) is 0 Å². The Hall–Kier alpha value is -1.43. The van der Waals surface area contributed by atoms with E-state index in [0.29, 0.717) is 12.4 Å². The number of ether oxygens (including phenoxy) is 1. The van der Waals surface area contributed by atoms with E-state index in [9.17, 15) is 4.79 Å². The van der Waals surface area contributed by atoms with E-state index in [2.05, 4.69) is 10.1 Å². The van der Waals surface area contributed by atoms with Gasteiger partial charge in [0.2, 0.25) is 5.89 Å². The fraction of sp³-hybridized carbons (Fsp3) is 0.667. The Bertz CT molecular complexity index is 325. The highest BCUT2D eigenvalue weighted by atomic mass is 16.5. The number of methoxy groups -OCH3 is 1. The second kappa shape index (κ2) is 4.39. The molecule has 1 atom stereocenters. The molecule has 0 amide bonds. The summed E-state index contributed by atoms with van der Waals surface area (Å²) >= 11 is 0. The molecule has 0 radical (unpaired) electrons. The summed E-state index contributed by atoms with van der Waals surface area (Å²) in [6, 6.07) is -0.165. The van der Waals surface area contributed by atoms with Crippen molar-refractivity contribution in [3.05, 3.63) is 12.2 Å². The molecule has 0 spiro atoms.